The molecular weight excluding hydrogens is 222 g/mol. The number of pyridine rings is 1. The van der Waals surface area contributed by atoms with E-state index in [9.17, 15) is 5.11 Å². The molecule has 2 nitrogen and oxygen atoms in total. The van der Waals surface area contributed by atoms with Crippen LogP contribution in [0.3, 0.4) is 0 Å². The minimum absolute atomic E-state index is 0.564. The Hall–Kier alpha value is -1.67. The first-order chi connectivity index (χ1) is 8.72. The lowest BCUT2D eigenvalue weighted by Gasteiger charge is -2.13. The zero-order valence-electron chi connectivity index (χ0n) is 10.9. The van der Waals surface area contributed by atoms with E-state index >= 15 is 0 Å². The Balaban J connectivity index is 2.19. The summed E-state index contributed by atoms with van der Waals surface area (Å²) in [6, 6.07) is 11.9. The zero-order valence-corrected chi connectivity index (χ0v) is 10.9. The normalized spacial score (nSPS) is 14.2. The van der Waals surface area contributed by atoms with Crippen LogP contribution in [0, 0.1) is 0 Å². The van der Waals surface area contributed by atoms with Gasteiger partial charge in [0.1, 0.15) is 6.10 Å². The van der Waals surface area contributed by atoms with Gasteiger partial charge in [0.25, 0.3) is 0 Å². The van der Waals surface area contributed by atoms with Gasteiger partial charge in [0.05, 0.1) is 0 Å². The molecule has 1 aromatic heterocycles. The molecule has 1 aromatic carbocycles. The lowest BCUT2D eigenvalue weighted by atomic mass is 9.95. The Morgan fingerprint density at radius 2 is 1.72 bits per heavy atom. The molecule has 0 saturated heterocycles. The van der Waals surface area contributed by atoms with Gasteiger partial charge in [-0.1, -0.05) is 44.2 Å². The van der Waals surface area contributed by atoms with Gasteiger partial charge in [0, 0.05) is 18.0 Å². The monoisotopic (exact) mass is 241 g/mol. The van der Waals surface area contributed by atoms with E-state index in [0.717, 1.165) is 17.5 Å². The molecule has 0 bridgehead atoms. The predicted octanol–water partition coefficient (Wildman–Crippen LogP) is 3.68. The van der Waals surface area contributed by atoms with Crippen LogP contribution in [0.1, 0.15) is 49.0 Å². The topological polar surface area (TPSA) is 33.1 Å². The Morgan fingerprint density at radius 3 is 2.28 bits per heavy atom. The van der Waals surface area contributed by atoms with Gasteiger partial charge >= 0.3 is 0 Å². The van der Waals surface area contributed by atoms with E-state index in [1.165, 1.54) is 5.56 Å². The van der Waals surface area contributed by atoms with Crippen molar-refractivity contribution in [1.29, 1.82) is 0 Å². The average molecular weight is 241 g/mol. The average Bonchev–Trinajstić information content (AvgIpc) is 2.47. The van der Waals surface area contributed by atoms with E-state index in [1.54, 1.807) is 12.4 Å². The van der Waals surface area contributed by atoms with Crippen LogP contribution >= 0.6 is 0 Å². The first-order valence-electron chi connectivity index (χ1n) is 6.40. The van der Waals surface area contributed by atoms with Crippen molar-refractivity contribution in [1.82, 2.24) is 4.98 Å². The standard InChI is InChI=1S/C16H19NO/c1-3-12(2)13-6-8-14(9-7-13)16(18)15-5-4-10-17-11-15/h4-12,16,18H,3H2,1-2H3. The molecule has 0 aliphatic carbocycles. The minimum atomic E-state index is -0.593. The van der Waals surface area contributed by atoms with Crippen LogP contribution in [0.15, 0.2) is 48.8 Å². The highest BCUT2D eigenvalue weighted by molar-refractivity contribution is 5.31. The van der Waals surface area contributed by atoms with Gasteiger partial charge in [-0.2, -0.15) is 0 Å². The van der Waals surface area contributed by atoms with Crippen LogP contribution in [0.2, 0.25) is 0 Å². The zero-order chi connectivity index (χ0) is 13.0. The van der Waals surface area contributed by atoms with Crippen molar-refractivity contribution < 1.29 is 5.11 Å². The number of benzene rings is 1. The lowest BCUT2D eigenvalue weighted by Crippen LogP contribution is -2.00. The van der Waals surface area contributed by atoms with Crippen molar-refractivity contribution >= 4 is 0 Å². The molecular formula is C16H19NO. The molecule has 0 aliphatic rings. The summed E-state index contributed by atoms with van der Waals surface area (Å²) in [5, 5.41) is 10.2. The highest BCUT2D eigenvalue weighted by Crippen LogP contribution is 2.24. The summed E-state index contributed by atoms with van der Waals surface area (Å²) in [4.78, 5) is 4.03. The van der Waals surface area contributed by atoms with Crippen molar-refractivity contribution in [2.24, 2.45) is 0 Å². The van der Waals surface area contributed by atoms with E-state index in [0.29, 0.717) is 5.92 Å². The fraction of sp³-hybridized carbons (Fsp3) is 0.312. The summed E-state index contributed by atoms with van der Waals surface area (Å²) < 4.78 is 0. The maximum atomic E-state index is 10.2. The van der Waals surface area contributed by atoms with Crippen molar-refractivity contribution in [2.75, 3.05) is 0 Å². The molecule has 0 radical (unpaired) electrons. The predicted molar refractivity (Wildman–Crippen MR) is 73.4 cm³/mol. The molecule has 2 heteroatoms. The number of rotatable bonds is 4. The second-order valence-electron chi connectivity index (χ2n) is 4.66. The van der Waals surface area contributed by atoms with Crippen LogP contribution in [0.25, 0.3) is 0 Å². The smallest absolute Gasteiger partial charge is 0.106 e. The number of aliphatic hydroxyl groups excluding tert-OH is 1. The molecule has 0 amide bonds. The molecule has 0 spiro atoms. The summed E-state index contributed by atoms with van der Waals surface area (Å²) >= 11 is 0. The lowest BCUT2D eigenvalue weighted by molar-refractivity contribution is 0.220. The highest BCUT2D eigenvalue weighted by atomic mass is 16.3. The number of nitrogens with zero attached hydrogens (tertiary/aromatic N) is 1. The highest BCUT2D eigenvalue weighted by Gasteiger charge is 2.11. The van der Waals surface area contributed by atoms with E-state index in [2.05, 4.69) is 31.0 Å². The van der Waals surface area contributed by atoms with Crippen LogP contribution in [-0.2, 0) is 0 Å². The summed E-state index contributed by atoms with van der Waals surface area (Å²) in [7, 11) is 0. The summed E-state index contributed by atoms with van der Waals surface area (Å²) in [5.41, 5.74) is 3.06. The maximum absolute atomic E-state index is 10.2. The molecule has 2 atom stereocenters. The molecule has 2 aromatic rings. The van der Waals surface area contributed by atoms with Gasteiger partial charge in [-0.25, -0.2) is 0 Å². The van der Waals surface area contributed by atoms with Crippen LogP contribution in [-0.4, -0.2) is 10.1 Å². The van der Waals surface area contributed by atoms with Gasteiger partial charge < -0.3 is 5.11 Å². The molecule has 1 N–H and O–H groups in total. The third-order valence-electron chi connectivity index (χ3n) is 3.43. The SMILES string of the molecule is CCC(C)c1ccc(C(O)c2cccnc2)cc1. The van der Waals surface area contributed by atoms with Gasteiger partial charge in [0.2, 0.25) is 0 Å². The first-order valence-corrected chi connectivity index (χ1v) is 6.40. The summed E-state index contributed by atoms with van der Waals surface area (Å²) in [6.07, 6.45) is 3.95. The fourth-order valence-electron chi connectivity index (χ4n) is 1.97. The van der Waals surface area contributed by atoms with Gasteiger partial charge in [-0.3, -0.25) is 4.98 Å². The number of hydrogen-bond donors (Lipinski definition) is 1. The van der Waals surface area contributed by atoms with Crippen LogP contribution in [0.4, 0.5) is 0 Å². The van der Waals surface area contributed by atoms with Gasteiger partial charge in [-0.15, -0.1) is 0 Å². The second kappa shape index (κ2) is 5.78. The molecule has 0 saturated carbocycles. The third kappa shape index (κ3) is 2.77. The number of aromatic nitrogens is 1. The van der Waals surface area contributed by atoms with E-state index in [4.69, 9.17) is 0 Å². The molecule has 2 rings (SSSR count). The summed E-state index contributed by atoms with van der Waals surface area (Å²) in [5.74, 6) is 0.564. The quantitative estimate of drug-likeness (QED) is 0.885. The molecule has 0 fully saturated rings. The Labute approximate surface area is 108 Å². The van der Waals surface area contributed by atoms with E-state index in [1.807, 2.05) is 24.3 Å². The fourth-order valence-corrected chi connectivity index (χ4v) is 1.97. The first kappa shape index (κ1) is 12.8. The Bertz CT molecular complexity index is 478. The van der Waals surface area contributed by atoms with Gasteiger partial charge in [0.15, 0.2) is 0 Å². The van der Waals surface area contributed by atoms with Gasteiger partial charge in [-0.05, 0) is 29.5 Å². The van der Waals surface area contributed by atoms with Crippen LogP contribution < -0.4 is 0 Å². The molecule has 1 heterocycles. The Kier molecular flexibility index (Phi) is 4.11. The maximum Gasteiger partial charge on any atom is 0.106 e. The van der Waals surface area contributed by atoms with Crippen molar-refractivity contribution in [3.63, 3.8) is 0 Å². The Morgan fingerprint density at radius 1 is 1.06 bits per heavy atom. The van der Waals surface area contributed by atoms with Crippen molar-refractivity contribution in [3.8, 4) is 0 Å². The molecule has 18 heavy (non-hydrogen) atoms. The van der Waals surface area contributed by atoms with Crippen LogP contribution in [0.5, 0.6) is 0 Å². The van der Waals surface area contributed by atoms with E-state index in [-0.39, 0.29) is 0 Å². The van der Waals surface area contributed by atoms with Crippen molar-refractivity contribution in [2.45, 2.75) is 32.3 Å². The number of aliphatic hydroxyl groups is 1. The molecule has 0 aliphatic heterocycles. The number of hydrogen-bond acceptors (Lipinski definition) is 2. The largest absolute Gasteiger partial charge is 0.384 e. The third-order valence-corrected chi connectivity index (χ3v) is 3.43. The summed E-state index contributed by atoms with van der Waals surface area (Å²) in [6.45, 7) is 4.40. The minimum Gasteiger partial charge on any atom is -0.384 e. The molecule has 94 valence electrons. The second-order valence-corrected chi connectivity index (χ2v) is 4.66. The van der Waals surface area contributed by atoms with Crippen molar-refractivity contribution in [3.05, 3.63) is 65.5 Å². The molecule has 2 unspecified atom stereocenters. The van der Waals surface area contributed by atoms with E-state index < -0.39 is 6.10 Å².